The molecule has 0 fully saturated rings. The van der Waals surface area contributed by atoms with Gasteiger partial charge in [-0.05, 0) is 39.7 Å². The second kappa shape index (κ2) is 11.0. The molecule has 0 atom stereocenters. The van der Waals surface area contributed by atoms with Crippen LogP contribution >= 0.6 is 7.74 Å². The van der Waals surface area contributed by atoms with Crippen LogP contribution in [0.15, 0.2) is 16.5 Å². The first-order valence-electron chi connectivity index (χ1n) is 7.39. The summed E-state index contributed by atoms with van der Waals surface area (Å²) in [5.41, 5.74) is 0.190. The Bertz CT molecular complexity index is 369. The van der Waals surface area contributed by atoms with Gasteiger partial charge in [-0.3, -0.25) is 0 Å². The molecule has 21 heavy (non-hydrogen) atoms. The Hall–Kier alpha value is -0.680. The van der Waals surface area contributed by atoms with E-state index in [2.05, 4.69) is 4.74 Å². The second-order valence-electron chi connectivity index (χ2n) is 4.34. The van der Waals surface area contributed by atoms with Crippen LogP contribution in [0.3, 0.4) is 0 Å². The molecule has 0 aromatic heterocycles. The normalized spacial score (nSPS) is 12.6. The average Bonchev–Trinajstić information content (AvgIpc) is 2.38. The third-order valence-electron chi connectivity index (χ3n) is 2.08. The number of nitrogens with zero attached hydrogens (tertiary/aromatic N) is 1. The summed E-state index contributed by atoms with van der Waals surface area (Å²) in [5, 5.41) is 0. The van der Waals surface area contributed by atoms with Crippen molar-refractivity contribution in [2.45, 2.75) is 41.5 Å². The molecule has 0 rings (SSSR count). The molecule has 0 unspecified atom stereocenters. The van der Waals surface area contributed by atoms with E-state index >= 15 is 0 Å². The number of esters is 1. The molecule has 0 amide bonds. The van der Waals surface area contributed by atoms with Crippen LogP contribution in [0.5, 0.6) is 0 Å². The predicted octanol–water partition coefficient (Wildman–Crippen LogP) is 4.15. The van der Waals surface area contributed by atoms with Crippen molar-refractivity contribution in [1.82, 2.24) is 0 Å². The molecule has 0 saturated carbocycles. The monoisotopic (exact) mass is 321 g/mol. The van der Waals surface area contributed by atoms with E-state index in [-0.39, 0.29) is 18.2 Å². The molecule has 0 aliphatic heterocycles. The number of hydrogen-bond acceptors (Lipinski definition) is 6. The van der Waals surface area contributed by atoms with Gasteiger partial charge in [0.2, 0.25) is 0 Å². The lowest BCUT2D eigenvalue weighted by Gasteiger charge is -2.22. The molecule has 0 spiro atoms. The Labute approximate surface area is 128 Å². The number of carbonyl (C=O) groups excluding carboxylic acids is 1. The summed E-state index contributed by atoms with van der Waals surface area (Å²) in [6, 6.07) is 0. The van der Waals surface area contributed by atoms with E-state index in [1.807, 2.05) is 34.6 Å². The Morgan fingerprint density at radius 2 is 1.48 bits per heavy atom. The molecule has 7 heteroatoms. The summed E-state index contributed by atoms with van der Waals surface area (Å²) in [7, 11) is -2.93. The molecule has 0 heterocycles. The minimum absolute atomic E-state index is 0.139. The molecular weight excluding hydrogens is 293 g/mol. The van der Waals surface area contributed by atoms with E-state index in [1.165, 1.54) is 0 Å². The maximum absolute atomic E-state index is 12.0. The molecule has 0 N–H and O–H groups in total. The van der Waals surface area contributed by atoms with Crippen molar-refractivity contribution in [2.75, 3.05) is 26.4 Å². The van der Waals surface area contributed by atoms with Gasteiger partial charge < -0.3 is 18.3 Å². The van der Waals surface area contributed by atoms with Crippen LogP contribution in [-0.2, 0) is 23.1 Å². The number of allylic oxidation sites excluding steroid dienone is 1. The third kappa shape index (κ3) is 7.77. The lowest BCUT2D eigenvalue weighted by molar-refractivity contribution is -0.138. The summed E-state index contributed by atoms with van der Waals surface area (Å²) in [6.07, 6.45) is 1.73. The Morgan fingerprint density at radius 1 is 1.00 bits per heavy atom. The maximum Gasteiger partial charge on any atom is 0.360 e. The zero-order valence-electron chi connectivity index (χ0n) is 13.9. The molecule has 0 radical (unpaired) electrons. The van der Waals surface area contributed by atoms with Crippen molar-refractivity contribution in [3.8, 4) is 0 Å². The SMILES string of the molecule is CCOC(=O)/C(=C\C(C)C)N=P(OCC)(OCC)OCC. The highest BCUT2D eigenvalue weighted by molar-refractivity contribution is 7.51. The fourth-order valence-corrected chi connectivity index (χ4v) is 3.27. The summed E-state index contributed by atoms with van der Waals surface area (Å²) in [6.45, 7) is 12.6. The van der Waals surface area contributed by atoms with Crippen molar-refractivity contribution in [2.24, 2.45) is 10.7 Å². The number of ether oxygens (including phenoxy) is 1. The lowest BCUT2D eigenvalue weighted by atomic mass is 10.2. The van der Waals surface area contributed by atoms with E-state index in [9.17, 15) is 4.79 Å². The number of rotatable bonds is 10. The first-order chi connectivity index (χ1) is 9.94. The summed E-state index contributed by atoms with van der Waals surface area (Å²) in [5.74, 6) is -0.352. The second-order valence-corrected chi connectivity index (χ2v) is 6.25. The van der Waals surface area contributed by atoms with E-state index in [4.69, 9.17) is 18.3 Å². The zero-order chi connectivity index (χ0) is 16.3. The van der Waals surface area contributed by atoms with Gasteiger partial charge in [-0.1, -0.05) is 13.8 Å². The lowest BCUT2D eigenvalue weighted by Crippen LogP contribution is -2.09. The Morgan fingerprint density at radius 3 is 1.81 bits per heavy atom. The van der Waals surface area contributed by atoms with Gasteiger partial charge in [0.15, 0.2) is 0 Å². The van der Waals surface area contributed by atoms with Crippen molar-refractivity contribution in [1.29, 1.82) is 0 Å². The minimum atomic E-state index is -2.93. The molecule has 124 valence electrons. The molecule has 0 aliphatic rings. The van der Waals surface area contributed by atoms with Gasteiger partial charge in [-0.25, -0.2) is 4.79 Å². The van der Waals surface area contributed by atoms with Gasteiger partial charge in [0.25, 0.3) is 0 Å². The molecule has 0 bridgehead atoms. The van der Waals surface area contributed by atoms with Crippen LogP contribution in [0.4, 0.5) is 0 Å². The topological polar surface area (TPSA) is 66.4 Å². The average molecular weight is 321 g/mol. The summed E-state index contributed by atoms with van der Waals surface area (Å²) >= 11 is 0. The van der Waals surface area contributed by atoms with Crippen LogP contribution in [0, 0.1) is 5.92 Å². The van der Waals surface area contributed by atoms with Crippen molar-refractivity contribution < 1.29 is 23.1 Å². The predicted molar refractivity (Wildman–Crippen MR) is 83.8 cm³/mol. The smallest absolute Gasteiger partial charge is 0.360 e. The molecule has 6 nitrogen and oxygen atoms in total. The quantitative estimate of drug-likeness (QED) is 0.343. The van der Waals surface area contributed by atoms with Crippen molar-refractivity contribution in [3.63, 3.8) is 0 Å². The highest BCUT2D eigenvalue weighted by Gasteiger charge is 2.25. The van der Waals surface area contributed by atoms with Crippen LogP contribution in [-0.4, -0.2) is 32.4 Å². The van der Waals surface area contributed by atoms with Gasteiger partial charge >= 0.3 is 13.7 Å². The van der Waals surface area contributed by atoms with Gasteiger partial charge in [0.1, 0.15) is 5.70 Å². The minimum Gasteiger partial charge on any atom is -0.461 e. The first-order valence-corrected chi connectivity index (χ1v) is 8.88. The maximum atomic E-state index is 12.0. The fourth-order valence-electron chi connectivity index (χ4n) is 1.48. The van der Waals surface area contributed by atoms with Crippen LogP contribution in [0.25, 0.3) is 0 Å². The standard InChI is InChI=1S/C14H28NO5P/c1-7-17-14(16)13(11-12(5)6)15-21(18-8-2,19-9-3)20-10-4/h11-12H,7-10H2,1-6H3/b13-11+. The number of hydrogen-bond donors (Lipinski definition) is 0. The van der Waals surface area contributed by atoms with E-state index in [1.54, 1.807) is 13.0 Å². The van der Waals surface area contributed by atoms with Crippen LogP contribution in [0.1, 0.15) is 41.5 Å². The van der Waals surface area contributed by atoms with Gasteiger partial charge in [-0.15, -0.1) is 0 Å². The van der Waals surface area contributed by atoms with Crippen molar-refractivity contribution >= 4 is 13.7 Å². The molecule has 0 aromatic carbocycles. The zero-order valence-corrected chi connectivity index (χ0v) is 14.8. The van der Waals surface area contributed by atoms with Crippen LogP contribution < -0.4 is 0 Å². The van der Waals surface area contributed by atoms with Gasteiger partial charge in [0.05, 0.1) is 26.4 Å². The largest absolute Gasteiger partial charge is 0.461 e. The molecule has 0 aliphatic carbocycles. The van der Waals surface area contributed by atoms with Gasteiger partial charge in [-0.2, -0.15) is 4.74 Å². The molecule has 0 aromatic rings. The van der Waals surface area contributed by atoms with Crippen molar-refractivity contribution in [3.05, 3.63) is 11.8 Å². The van der Waals surface area contributed by atoms with E-state index < -0.39 is 13.7 Å². The highest BCUT2D eigenvalue weighted by Crippen LogP contribution is 2.54. The fraction of sp³-hybridized carbons (Fsp3) is 0.786. The summed E-state index contributed by atoms with van der Waals surface area (Å²) < 4.78 is 26.2. The van der Waals surface area contributed by atoms with Gasteiger partial charge in [0, 0.05) is 0 Å². The third-order valence-corrected chi connectivity index (χ3v) is 4.30. The first kappa shape index (κ1) is 20.3. The van der Waals surface area contributed by atoms with Crippen LogP contribution in [0.2, 0.25) is 0 Å². The molecule has 0 saturated heterocycles. The Balaban J connectivity index is 5.72. The summed E-state index contributed by atoms with van der Waals surface area (Å²) in [4.78, 5) is 12.0. The Kier molecular flexibility index (Phi) is 10.6. The number of carbonyl (C=O) groups is 1. The van der Waals surface area contributed by atoms with E-state index in [0.29, 0.717) is 19.8 Å². The highest BCUT2D eigenvalue weighted by atomic mass is 31.2. The van der Waals surface area contributed by atoms with E-state index in [0.717, 1.165) is 0 Å². The molecular formula is C14H28NO5P.